The van der Waals surface area contributed by atoms with E-state index >= 15 is 0 Å². The van der Waals surface area contributed by atoms with Gasteiger partial charge < -0.3 is 0 Å². The molecule has 0 aliphatic carbocycles. The Morgan fingerprint density at radius 1 is 1.86 bits per heavy atom. The summed E-state index contributed by atoms with van der Waals surface area (Å²) < 4.78 is 0. The minimum atomic E-state index is 0.658. The third kappa shape index (κ3) is 1.06. The van der Waals surface area contributed by atoms with Gasteiger partial charge in [-0.3, -0.25) is 0 Å². The molecule has 1 heterocycles. The number of hydrogen-bond acceptors (Lipinski definition) is 1. The molecule has 0 saturated carbocycles. The van der Waals surface area contributed by atoms with Gasteiger partial charge in [0.2, 0.25) is 0 Å². The molecule has 1 nitrogen and oxygen atoms in total. The Balaban J connectivity index is 2.57. The van der Waals surface area contributed by atoms with Gasteiger partial charge in [0, 0.05) is 0 Å². The quantitative estimate of drug-likeness (QED) is 0.481. The van der Waals surface area contributed by atoms with Crippen molar-refractivity contribution in [1.82, 2.24) is 0 Å². The van der Waals surface area contributed by atoms with E-state index in [-0.39, 0.29) is 0 Å². The zero-order valence-electron chi connectivity index (χ0n) is 3.85. The fraction of sp³-hybridized carbons (Fsp3) is 0.400. The van der Waals surface area contributed by atoms with Gasteiger partial charge in [0.25, 0.3) is 0 Å². The van der Waals surface area contributed by atoms with Crippen LogP contribution in [0.3, 0.4) is 0 Å². The number of allylic oxidation sites excluding steroid dienone is 1. The predicted molar refractivity (Wildman–Crippen MR) is 28.9 cm³/mol. The van der Waals surface area contributed by atoms with E-state index in [4.69, 9.17) is 5.26 Å². The normalized spacial score (nSPS) is 18.4. The monoisotopic (exact) mass is 159 g/mol. The van der Waals surface area contributed by atoms with Crippen LogP contribution in [0.25, 0.3) is 0 Å². The summed E-state index contributed by atoms with van der Waals surface area (Å²) >= 11 is 0.658. The van der Waals surface area contributed by atoms with Crippen LogP contribution in [0.5, 0.6) is 0 Å². The first-order valence-electron chi connectivity index (χ1n) is 2.14. The van der Waals surface area contributed by atoms with Gasteiger partial charge >= 0.3 is 48.6 Å². The van der Waals surface area contributed by atoms with Gasteiger partial charge in [-0.1, -0.05) is 0 Å². The van der Waals surface area contributed by atoms with Crippen molar-refractivity contribution in [3.05, 3.63) is 10.5 Å². The van der Waals surface area contributed by atoms with E-state index in [9.17, 15) is 0 Å². The molecule has 0 saturated heterocycles. The van der Waals surface area contributed by atoms with Gasteiger partial charge in [-0.05, 0) is 0 Å². The summed E-state index contributed by atoms with van der Waals surface area (Å²) in [6.45, 7) is 0. The van der Waals surface area contributed by atoms with Crippen LogP contribution in [0.15, 0.2) is 10.5 Å². The summed E-state index contributed by atoms with van der Waals surface area (Å²) in [7, 11) is 0. The van der Waals surface area contributed by atoms with E-state index in [1.54, 1.807) is 0 Å². The Morgan fingerprint density at radius 2 is 2.71 bits per heavy atom. The summed E-state index contributed by atoms with van der Waals surface area (Å²) in [5, 5.41) is 9.50. The van der Waals surface area contributed by atoms with Crippen LogP contribution in [0, 0.1) is 11.3 Å². The van der Waals surface area contributed by atoms with Crippen LogP contribution in [0.4, 0.5) is 0 Å². The van der Waals surface area contributed by atoms with Crippen molar-refractivity contribution in [3.8, 4) is 6.07 Å². The van der Waals surface area contributed by atoms with E-state index in [0.717, 1.165) is 12.0 Å². The van der Waals surface area contributed by atoms with Crippen LogP contribution >= 0.6 is 0 Å². The minimum absolute atomic E-state index is 0.658. The molecular formula is C5H5NSe. The Labute approximate surface area is 49.2 Å². The molecule has 0 radical (unpaired) electrons. The predicted octanol–water partition coefficient (Wildman–Crippen LogP) is 0.920. The molecule has 0 aromatic rings. The summed E-state index contributed by atoms with van der Waals surface area (Å²) in [6, 6.07) is 2.14. The van der Waals surface area contributed by atoms with E-state index < -0.39 is 0 Å². The number of nitrogens with zero attached hydrogens (tertiary/aromatic N) is 1. The van der Waals surface area contributed by atoms with Crippen molar-refractivity contribution in [2.45, 2.75) is 11.7 Å². The second-order valence-corrected chi connectivity index (χ2v) is 3.43. The molecule has 0 N–H and O–H groups in total. The van der Waals surface area contributed by atoms with Crippen molar-refractivity contribution in [2.75, 3.05) is 0 Å². The molecule has 0 aromatic heterocycles. The SMILES string of the molecule is N#CC1=C[Se]CC1. The van der Waals surface area contributed by atoms with Crippen LogP contribution in [-0.2, 0) is 0 Å². The molecule has 0 bridgehead atoms. The summed E-state index contributed by atoms with van der Waals surface area (Å²) in [5.41, 5.74) is 1.00. The standard InChI is InChI=1S/C5H5NSe/c6-3-5-1-2-7-4-5/h4H,1-2H2. The van der Waals surface area contributed by atoms with E-state index in [2.05, 4.69) is 11.0 Å². The molecule has 1 aliphatic rings. The summed E-state index contributed by atoms with van der Waals surface area (Å²) in [5.74, 6) is 0. The van der Waals surface area contributed by atoms with Crippen molar-refractivity contribution in [3.63, 3.8) is 0 Å². The average Bonchev–Trinajstić information content (AvgIpc) is 2.14. The van der Waals surface area contributed by atoms with Gasteiger partial charge in [0.15, 0.2) is 0 Å². The fourth-order valence-electron chi connectivity index (χ4n) is 0.470. The molecule has 2 heteroatoms. The van der Waals surface area contributed by atoms with E-state index in [0.29, 0.717) is 15.0 Å². The van der Waals surface area contributed by atoms with Crippen molar-refractivity contribution in [2.24, 2.45) is 0 Å². The van der Waals surface area contributed by atoms with E-state index in [1.807, 2.05) is 0 Å². The molecule has 36 valence electrons. The van der Waals surface area contributed by atoms with Crippen molar-refractivity contribution < 1.29 is 0 Å². The van der Waals surface area contributed by atoms with E-state index in [1.165, 1.54) is 5.32 Å². The molecule has 7 heavy (non-hydrogen) atoms. The van der Waals surface area contributed by atoms with Crippen LogP contribution in [0.1, 0.15) is 6.42 Å². The van der Waals surface area contributed by atoms with Crippen molar-refractivity contribution >= 4 is 15.0 Å². The molecule has 0 amide bonds. The van der Waals surface area contributed by atoms with Crippen LogP contribution in [0.2, 0.25) is 5.32 Å². The molecule has 0 unspecified atom stereocenters. The fourth-order valence-corrected chi connectivity index (χ4v) is 2.21. The van der Waals surface area contributed by atoms with Crippen molar-refractivity contribution in [1.29, 1.82) is 5.26 Å². The third-order valence-electron chi connectivity index (χ3n) is 0.858. The molecule has 1 rings (SSSR count). The molecule has 0 fully saturated rings. The number of rotatable bonds is 0. The number of hydrogen-bond donors (Lipinski definition) is 0. The Bertz CT molecular complexity index is 132. The third-order valence-corrected chi connectivity index (χ3v) is 2.73. The topological polar surface area (TPSA) is 23.8 Å². The zero-order chi connectivity index (χ0) is 5.11. The Morgan fingerprint density at radius 3 is 3.00 bits per heavy atom. The van der Waals surface area contributed by atoms with Crippen LogP contribution < -0.4 is 0 Å². The Hall–Kier alpha value is -0.251. The molecule has 0 atom stereocenters. The zero-order valence-corrected chi connectivity index (χ0v) is 5.56. The molecule has 0 aromatic carbocycles. The van der Waals surface area contributed by atoms with Gasteiger partial charge in [0.1, 0.15) is 0 Å². The van der Waals surface area contributed by atoms with Gasteiger partial charge in [-0.25, -0.2) is 0 Å². The summed E-state index contributed by atoms with van der Waals surface area (Å²) in [6.07, 6.45) is 1.04. The molecular weight excluding hydrogens is 153 g/mol. The maximum atomic E-state index is 8.26. The first-order chi connectivity index (χ1) is 3.43. The van der Waals surface area contributed by atoms with Gasteiger partial charge in [0.05, 0.1) is 0 Å². The molecule has 0 spiro atoms. The first-order valence-corrected chi connectivity index (χ1v) is 4.34. The van der Waals surface area contributed by atoms with Crippen LogP contribution in [-0.4, -0.2) is 15.0 Å². The second-order valence-electron chi connectivity index (χ2n) is 1.38. The second kappa shape index (κ2) is 2.16. The average molecular weight is 158 g/mol. The number of nitriles is 1. The van der Waals surface area contributed by atoms with Gasteiger partial charge in [-0.2, -0.15) is 0 Å². The van der Waals surface area contributed by atoms with Gasteiger partial charge in [-0.15, -0.1) is 0 Å². The summed E-state index contributed by atoms with van der Waals surface area (Å²) in [4.78, 5) is 2.08. The molecule has 1 aliphatic heterocycles. The Kier molecular flexibility index (Phi) is 1.51. The first kappa shape index (κ1) is 4.90. The maximum absolute atomic E-state index is 8.26.